The lowest BCUT2D eigenvalue weighted by Gasteiger charge is -2.31. The Morgan fingerprint density at radius 1 is 1.06 bits per heavy atom. The van der Waals surface area contributed by atoms with E-state index >= 15 is 0 Å². The van der Waals surface area contributed by atoms with E-state index in [1.54, 1.807) is 0 Å². The molecule has 16 heavy (non-hydrogen) atoms. The summed E-state index contributed by atoms with van der Waals surface area (Å²) < 4.78 is 0. The van der Waals surface area contributed by atoms with Gasteiger partial charge in [-0.1, -0.05) is 32.6 Å². The fourth-order valence-corrected chi connectivity index (χ4v) is 3.26. The number of nitrogens with one attached hydrogen (secondary N) is 1. The molecule has 2 heteroatoms. The number of hydrogen-bond donors (Lipinski definition) is 1. The molecule has 0 bridgehead atoms. The van der Waals surface area contributed by atoms with Gasteiger partial charge < -0.3 is 5.32 Å². The van der Waals surface area contributed by atoms with Gasteiger partial charge in [0, 0.05) is 18.6 Å². The van der Waals surface area contributed by atoms with Crippen LogP contribution in [0, 0.1) is 0 Å². The first kappa shape index (κ1) is 12.4. The molecule has 1 saturated heterocycles. The average Bonchev–Trinajstić information content (AvgIpc) is 2.71. The highest BCUT2D eigenvalue weighted by atomic mass is 15.2. The third-order valence-corrected chi connectivity index (χ3v) is 4.34. The van der Waals surface area contributed by atoms with Crippen LogP contribution in [0.1, 0.15) is 58.3 Å². The number of nitrogens with zero attached hydrogens (tertiary/aromatic N) is 1. The molecule has 1 aliphatic heterocycles. The Labute approximate surface area is 101 Å². The molecule has 2 fully saturated rings. The molecule has 0 aromatic heterocycles. The van der Waals surface area contributed by atoms with Gasteiger partial charge in [0.05, 0.1) is 0 Å². The molecule has 0 aromatic carbocycles. The molecular weight excluding hydrogens is 196 g/mol. The standard InChI is InChI=1S/C14H28N2/c1-2-13-12-16(11-7-10-15-13)14-8-5-3-4-6-9-14/h13-15H,2-12H2,1H3. The normalized spacial score (nSPS) is 30.9. The van der Waals surface area contributed by atoms with Crippen molar-refractivity contribution in [2.75, 3.05) is 19.6 Å². The van der Waals surface area contributed by atoms with Gasteiger partial charge in [-0.05, 0) is 38.8 Å². The van der Waals surface area contributed by atoms with Crippen LogP contribution in [0.25, 0.3) is 0 Å². The van der Waals surface area contributed by atoms with Gasteiger partial charge in [-0.15, -0.1) is 0 Å². The van der Waals surface area contributed by atoms with E-state index in [0.29, 0.717) is 0 Å². The molecule has 1 atom stereocenters. The second-order valence-corrected chi connectivity index (χ2v) is 5.55. The molecule has 1 N–H and O–H groups in total. The van der Waals surface area contributed by atoms with Crippen LogP contribution in [0.2, 0.25) is 0 Å². The maximum Gasteiger partial charge on any atom is 0.0192 e. The molecule has 0 aromatic rings. The molecule has 2 rings (SSSR count). The van der Waals surface area contributed by atoms with E-state index in [1.165, 1.54) is 71.0 Å². The fourth-order valence-electron chi connectivity index (χ4n) is 3.26. The minimum Gasteiger partial charge on any atom is -0.313 e. The zero-order valence-electron chi connectivity index (χ0n) is 10.9. The van der Waals surface area contributed by atoms with E-state index in [0.717, 1.165) is 12.1 Å². The predicted molar refractivity (Wildman–Crippen MR) is 69.8 cm³/mol. The third-order valence-electron chi connectivity index (χ3n) is 4.34. The van der Waals surface area contributed by atoms with Gasteiger partial charge in [0.25, 0.3) is 0 Å². The third kappa shape index (κ3) is 3.46. The monoisotopic (exact) mass is 224 g/mol. The molecular formula is C14H28N2. The maximum atomic E-state index is 3.67. The minimum atomic E-state index is 0.741. The Morgan fingerprint density at radius 2 is 1.81 bits per heavy atom. The topological polar surface area (TPSA) is 15.3 Å². The van der Waals surface area contributed by atoms with Crippen LogP contribution in [0.3, 0.4) is 0 Å². The molecule has 0 spiro atoms. The highest BCUT2D eigenvalue weighted by Crippen LogP contribution is 2.23. The highest BCUT2D eigenvalue weighted by Gasteiger charge is 2.23. The van der Waals surface area contributed by atoms with Crippen LogP contribution in [0.15, 0.2) is 0 Å². The molecule has 1 unspecified atom stereocenters. The van der Waals surface area contributed by atoms with Crippen molar-refractivity contribution in [1.82, 2.24) is 10.2 Å². The van der Waals surface area contributed by atoms with Crippen molar-refractivity contribution in [2.45, 2.75) is 70.4 Å². The molecule has 0 radical (unpaired) electrons. The first-order valence-electron chi connectivity index (χ1n) is 7.37. The van der Waals surface area contributed by atoms with Gasteiger partial charge in [-0.25, -0.2) is 0 Å². The zero-order valence-corrected chi connectivity index (χ0v) is 10.9. The summed E-state index contributed by atoms with van der Waals surface area (Å²) in [7, 11) is 0. The van der Waals surface area contributed by atoms with Crippen LogP contribution in [-0.2, 0) is 0 Å². The fraction of sp³-hybridized carbons (Fsp3) is 1.00. The summed E-state index contributed by atoms with van der Waals surface area (Å²) >= 11 is 0. The summed E-state index contributed by atoms with van der Waals surface area (Å²) in [4.78, 5) is 2.79. The van der Waals surface area contributed by atoms with Crippen LogP contribution in [0.5, 0.6) is 0 Å². The molecule has 2 aliphatic rings. The van der Waals surface area contributed by atoms with E-state index in [9.17, 15) is 0 Å². The average molecular weight is 224 g/mol. The molecule has 1 heterocycles. The minimum absolute atomic E-state index is 0.741. The smallest absolute Gasteiger partial charge is 0.0192 e. The van der Waals surface area contributed by atoms with Gasteiger partial charge in [0.15, 0.2) is 0 Å². The molecule has 0 amide bonds. The lowest BCUT2D eigenvalue weighted by Crippen LogP contribution is -2.42. The number of rotatable bonds is 2. The second kappa shape index (κ2) is 6.61. The van der Waals surface area contributed by atoms with Crippen molar-refractivity contribution in [3.05, 3.63) is 0 Å². The van der Waals surface area contributed by atoms with Crippen molar-refractivity contribution in [3.63, 3.8) is 0 Å². The Hall–Kier alpha value is -0.0800. The zero-order chi connectivity index (χ0) is 11.2. The summed E-state index contributed by atoms with van der Waals surface area (Å²) in [6.45, 7) is 6.16. The lowest BCUT2D eigenvalue weighted by molar-refractivity contribution is 0.175. The summed E-state index contributed by atoms with van der Waals surface area (Å²) in [5.41, 5.74) is 0. The van der Waals surface area contributed by atoms with Crippen molar-refractivity contribution < 1.29 is 0 Å². The second-order valence-electron chi connectivity index (χ2n) is 5.55. The van der Waals surface area contributed by atoms with Gasteiger partial charge >= 0.3 is 0 Å². The van der Waals surface area contributed by atoms with Gasteiger partial charge in [0.2, 0.25) is 0 Å². The van der Waals surface area contributed by atoms with E-state index in [-0.39, 0.29) is 0 Å². The van der Waals surface area contributed by atoms with Crippen molar-refractivity contribution >= 4 is 0 Å². The largest absolute Gasteiger partial charge is 0.313 e. The van der Waals surface area contributed by atoms with E-state index < -0.39 is 0 Å². The first-order chi connectivity index (χ1) is 7.90. The predicted octanol–water partition coefficient (Wildman–Crippen LogP) is 2.78. The lowest BCUT2D eigenvalue weighted by atomic mass is 10.1. The Morgan fingerprint density at radius 3 is 2.50 bits per heavy atom. The molecule has 1 saturated carbocycles. The Kier molecular flexibility index (Phi) is 5.11. The maximum absolute atomic E-state index is 3.67. The van der Waals surface area contributed by atoms with Crippen LogP contribution in [0.4, 0.5) is 0 Å². The van der Waals surface area contributed by atoms with Crippen LogP contribution < -0.4 is 5.32 Å². The number of hydrogen-bond acceptors (Lipinski definition) is 2. The molecule has 1 aliphatic carbocycles. The SMILES string of the molecule is CCC1CN(C2CCCCCC2)CCCN1. The summed E-state index contributed by atoms with van der Waals surface area (Å²) in [5.74, 6) is 0. The van der Waals surface area contributed by atoms with Crippen molar-refractivity contribution in [3.8, 4) is 0 Å². The Bertz CT molecular complexity index is 185. The van der Waals surface area contributed by atoms with Crippen LogP contribution in [-0.4, -0.2) is 36.6 Å². The van der Waals surface area contributed by atoms with Gasteiger partial charge in [-0.2, -0.15) is 0 Å². The van der Waals surface area contributed by atoms with Gasteiger partial charge in [0.1, 0.15) is 0 Å². The highest BCUT2D eigenvalue weighted by molar-refractivity contribution is 4.81. The molecule has 2 nitrogen and oxygen atoms in total. The van der Waals surface area contributed by atoms with Crippen LogP contribution >= 0.6 is 0 Å². The van der Waals surface area contributed by atoms with Gasteiger partial charge in [-0.3, -0.25) is 4.90 Å². The first-order valence-corrected chi connectivity index (χ1v) is 7.37. The van der Waals surface area contributed by atoms with E-state index in [1.807, 2.05) is 0 Å². The van der Waals surface area contributed by atoms with Crippen molar-refractivity contribution in [2.24, 2.45) is 0 Å². The van der Waals surface area contributed by atoms with Crippen molar-refractivity contribution in [1.29, 1.82) is 0 Å². The quantitative estimate of drug-likeness (QED) is 0.726. The summed E-state index contributed by atoms with van der Waals surface area (Å²) in [6.07, 6.45) is 11.4. The summed E-state index contributed by atoms with van der Waals surface area (Å²) in [5, 5.41) is 3.67. The van der Waals surface area contributed by atoms with E-state index in [4.69, 9.17) is 0 Å². The Balaban J connectivity index is 1.89. The molecule has 94 valence electrons. The summed E-state index contributed by atoms with van der Waals surface area (Å²) in [6, 6.07) is 1.64. The van der Waals surface area contributed by atoms with E-state index in [2.05, 4.69) is 17.1 Å².